The number of hydrogen-bond donors (Lipinski definition) is 1. The molecule has 3 heteroatoms. The highest BCUT2D eigenvalue weighted by molar-refractivity contribution is 9.09. The van der Waals surface area contributed by atoms with Gasteiger partial charge in [0.2, 0.25) is 0 Å². The predicted octanol–water partition coefficient (Wildman–Crippen LogP) is 2.25. The van der Waals surface area contributed by atoms with Gasteiger partial charge in [0, 0.05) is 18.4 Å². The third-order valence-corrected chi connectivity index (χ3v) is 3.53. The summed E-state index contributed by atoms with van der Waals surface area (Å²) in [6, 6.07) is 0. The first-order valence-electron chi connectivity index (χ1n) is 5.54. The molecule has 0 aromatic heterocycles. The molecule has 2 unspecified atom stereocenters. The highest BCUT2D eigenvalue weighted by Crippen LogP contribution is 2.21. The lowest BCUT2D eigenvalue weighted by Gasteiger charge is -2.20. The van der Waals surface area contributed by atoms with Crippen molar-refractivity contribution in [3.63, 3.8) is 0 Å². The van der Waals surface area contributed by atoms with Crippen LogP contribution in [0.5, 0.6) is 0 Å². The number of aliphatic hydroxyl groups is 1. The summed E-state index contributed by atoms with van der Waals surface area (Å²) in [5.74, 6) is 0.792. The SMILES string of the molecule is CC(CCBr)CCN1CCC(C)(O)C1. The number of nitrogens with zero attached hydrogens (tertiary/aromatic N) is 1. The van der Waals surface area contributed by atoms with E-state index in [2.05, 4.69) is 27.8 Å². The van der Waals surface area contributed by atoms with Crippen molar-refractivity contribution in [3.8, 4) is 0 Å². The normalized spacial score (nSPS) is 30.9. The highest BCUT2D eigenvalue weighted by atomic mass is 79.9. The lowest BCUT2D eigenvalue weighted by Crippen LogP contribution is -2.30. The van der Waals surface area contributed by atoms with Gasteiger partial charge in [0.1, 0.15) is 0 Å². The lowest BCUT2D eigenvalue weighted by atomic mass is 10.1. The number of halogens is 1. The first-order chi connectivity index (χ1) is 6.53. The van der Waals surface area contributed by atoms with Crippen LogP contribution in [0.4, 0.5) is 0 Å². The maximum atomic E-state index is 9.78. The van der Waals surface area contributed by atoms with Crippen LogP contribution in [-0.2, 0) is 0 Å². The molecule has 0 bridgehead atoms. The minimum Gasteiger partial charge on any atom is -0.389 e. The number of rotatable bonds is 5. The molecule has 1 rings (SSSR count). The molecule has 0 aromatic rings. The zero-order valence-electron chi connectivity index (χ0n) is 9.30. The summed E-state index contributed by atoms with van der Waals surface area (Å²) in [4.78, 5) is 2.38. The third kappa shape index (κ3) is 4.28. The Morgan fingerprint density at radius 1 is 1.50 bits per heavy atom. The summed E-state index contributed by atoms with van der Waals surface area (Å²) in [5, 5.41) is 10.9. The van der Waals surface area contributed by atoms with Crippen molar-refractivity contribution in [3.05, 3.63) is 0 Å². The van der Waals surface area contributed by atoms with E-state index in [4.69, 9.17) is 0 Å². The van der Waals surface area contributed by atoms with E-state index in [1.54, 1.807) is 0 Å². The van der Waals surface area contributed by atoms with Gasteiger partial charge < -0.3 is 10.0 Å². The summed E-state index contributed by atoms with van der Waals surface area (Å²) < 4.78 is 0. The van der Waals surface area contributed by atoms with Gasteiger partial charge >= 0.3 is 0 Å². The maximum absolute atomic E-state index is 9.78. The molecule has 0 aliphatic carbocycles. The second kappa shape index (κ2) is 5.47. The molecule has 84 valence electrons. The number of alkyl halides is 1. The zero-order valence-corrected chi connectivity index (χ0v) is 10.9. The van der Waals surface area contributed by atoms with Crippen molar-refractivity contribution in [2.24, 2.45) is 5.92 Å². The Labute approximate surface area is 95.8 Å². The third-order valence-electron chi connectivity index (χ3n) is 3.07. The highest BCUT2D eigenvalue weighted by Gasteiger charge is 2.30. The molecule has 1 N–H and O–H groups in total. The Hall–Kier alpha value is 0.400. The van der Waals surface area contributed by atoms with Crippen molar-refractivity contribution < 1.29 is 5.11 Å². The van der Waals surface area contributed by atoms with Crippen LogP contribution in [0, 0.1) is 5.92 Å². The molecule has 1 aliphatic heterocycles. The fourth-order valence-corrected chi connectivity index (χ4v) is 2.74. The molecular formula is C11H22BrNO. The van der Waals surface area contributed by atoms with E-state index < -0.39 is 5.60 Å². The molecule has 2 nitrogen and oxygen atoms in total. The topological polar surface area (TPSA) is 23.5 Å². The maximum Gasteiger partial charge on any atom is 0.0758 e. The van der Waals surface area contributed by atoms with E-state index in [1.165, 1.54) is 12.8 Å². The van der Waals surface area contributed by atoms with E-state index in [0.717, 1.165) is 37.3 Å². The van der Waals surface area contributed by atoms with E-state index in [1.807, 2.05) is 6.92 Å². The van der Waals surface area contributed by atoms with Crippen LogP contribution in [0.3, 0.4) is 0 Å². The molecule has 1 saturated heterocycles. The monoisotopic (exact) mass is 263 g/mol. The minimum absolute atomic E-state index is 0.432. The average Bonchev–Trinajstić information content (AvgIpc) is 2.43. The standard InChI is InChI=1S/C11H22BrNO/c1-10(3-6-12)4-7-13-8-5-11(2,14)9-13/h10,14H,3-9H2,1-2H3. The molecule has 0 spiro atoms. The van der Waals surface area contributed by atoms with Crippen LogP contribution >= 0.6 is 15.9 Å². The van der Waals surface area contributed by atoms with Crippen LogP contribution in [0.1, 0.15) is 33.1 Å². The van der Waals surface area contributed by atoms with E-state index >= 15 is 0 Å². The molecule has 1 fully saturated rings. The number of hydrogen-bond acceptors (Lipinski definition) is 2. The Balaban J connectivity index is 2.14. The Morgan fingerprint density at radius 3 is 2.71 bits per heavy atom. The van der Waals surface area contributed by atoms with Crippen molar-refractivity contribution in [1.82, 2.24) is 4.90 Å². The molecule has 0 radical (unpaired) electrons. The van der Waals surface area contributed by atoms with Crippen molar-refractivity contribution in [2.75, 3.05) is 25.0 Å². The van der Waals surface area contributed by atoms with Gasteiger partial charge in [-0.3, -0.25) is 0 Å². The molecule has 2 atom stereocenters. The molecule has 0 amide bonds. The average molecular weight is 264 g/mol. The lowest BCUT2D eigenvalue weighted by molar-refractivity contribution is 0.0681. The predicted molar refractivity (Wildman–Crippen MR) is 63.9 cm³/mol. The van der Waals surface area contributed by atoms with Crippen LogP contribution in [0.25, 0.3) is 0 Å². The van der Waals surface area contributed by atoms with E-state index in [-0.39, 0.29) is 0 Å². The first-order valence-corrected chi connectivity index (χ1v) is 6.66. The Kier molecular flexibility index (Phi) is 4.88. The van der Waals surface area contributed by atoms with Crippen LogP contribution in [-0.4, -0.2) is 40.6 Å². The summed E-state index contributed by atoms with van der Waals surface area (Å²) in [5.41, 5.74) is -0.432. The smallest absolute Gasteiger partial charge is 0.0758 e. The van der Waals surface area contributed by atoms with Gasteiger partial charge in [-0.05, 0) is 38.6 Å². The summed E-state index contributed by atoms with van der Waals surface area (Å²) in [7, 11) is 0. The van der Waals surface area contributed by atoms with Gasteiger partial charge in [-0.2, -0.15) is 0 Å². The van der Waals surface area contributed by atoms with Crippen LogP contribution in [0.15, 0.2) is 0 Å². The fourth-order valence-electron chi connectivity index (χ4n) is 1.96. The van der Waals surface area contributed by atoms with Gasteiger partial charge in [-0.25, -0.2) is 0 Å². The molecule has 0 saturated carbocycles. The second-order valence-electron chi connectivity index (χ2n) is 4.89. The fraction of sp³-hybridized carbons (Fsp3) is 1.00. The van der Waals surface area contributed by atoms with Crippen LogP contribution < -0.4 is 0 Å². The molecule has 0 aromatic carbocycles. The first kappa shape index (κ1) is 12.5. The molecule has 1 aliphatic rings. The van der Waals surface area contributed by atoms with Gasteiger partial charge in [0.05, 0.1) is 5.60 Å². The van der Waals surface area contributed by atoms with Crippen molar-refractivity contribution in [1.29, 1.82) is 0 Å². The van der Waals surface area contributed by atoms with E-state index in [0.29, 0.717) is 0 Å². The quantitative estimate of drug-likeness (QED) is 0.770. The van der Waals surface area contributed by atoms with Gasteiger partial charge in [0.25, 0.3) is 0 Å². The van der Waals surface area contributed by atoms with E-state index in [9.17, 15) is 5.11 Å². The second-order valence-corrected chi connectivity index (χ2v) is 5.69. The van der Waals surface area contributed by atoms with Crippen molar-refractivity contribution in [2.45, 2.75) is 38.7 Å². The van der Waals surface area contributed by atoms with Crippen molar-refractivity contribution >= 4 is 15.9 Å². The molecular weight excluding hydrogens is 242 g/mol. The van der Waals surface area contributed by atoms with Crippen LogP contribution in [0.2, 0.25) is 0 Å². The largest absolute Gasteiger partial charge is 0.389 e. The number of likely N-dealkylation sites (tertiary alicyclic amines) is 1. The Bertz CT molecular complexity index is 173. The Morgan fingerprint density at radius 2 is 2.21 bits per heavy atom. The zero-order chi connectivity index (χ0) is 10.6. The minimum atomic E-state index is -0.432. The summed E-state index contributed by atoms with van der Waals surface area (Å²) >= 11 is 3.47. The number of β-amino-alcohol motifs (C(OH)–C–C–N with tert-alkyl or cyclic N) is 1. The summed E-state index contributed by atoms with van der Waals surface area (Å²) in [6.45, 7) is 7.30. The molecule has 14 heavy (non-hydrogen) atoms. The summed E-state index contributed by atoms with van der Waals surface area (Å²) in [6.07, 6.45) is 3.44. The van der Waals surface area contributed by atoms with Gasteiger partial charge in [-0.1, -0.05) is 22.9 Å². The van der Waals surface area contributed by atoms with Gasteiger partial charge in [0.15, 0.2) is 0 Å². The molecule has 1 heterocycles. The van der Waals surface area contributed by atoms with Gasteiger partial charge in [-0.15, -0.1) is 0 Å².